The minimum absolute atomic E-state index is 0.0752. The van der Waals surface area contributed by atoms with Crippen LogP contribution in [0.4, 0.5) is 11.4 Å². The quantitative estimate of drug-likeness (QED) is 0.336. The van der Waals surface area contributed by atoms with Gasteiger partial charge in [-0.2, -0.15) is 0 Å². The van der Waals surface area contributed by atoms with Crippen LogP contribution in [0.2, 0.25) is 0 Å². The number of nitrogens with zero attached hydrogens (tertiary/aromatic N) is 2. The fraction of sp³-hybridized carbons (Fsp3) is 0.417. The molecule has 0 saturated carbocycles. The molecule has 0 aliphatic carbocycles. The van der Waals surface area contributed by atoms with Gasteiger partial charge in [0.05, 0.1) is 10.7 Å². The van der Waals surface area contributed by atoms with Gasteiger partial charge < -0.3 is 16.0 Å². The molecule has 7 nitrogen and oxygen atoms in total. The molecule has 20 heavy (non-hydrogen) atoms. The van der Waals surface area contributed by atoms with E-state index in [0.717, 1.165) is 11.4 Å². The number of likely N-dealkylation sites (N-methyl/N-ethyl adjacent to an activating group) is 1. The van der Waals surface area contributed by atoms with Gasteiger partial charge in [0.15, 0.2) is 0 Å². The maximum atomic E-state index is 11.6. The van der Waals surface area contributed by atoms with Gasteiger partial charge in [-0.05, 0) is 26.2 Å². The number of nitrogen functional groups attached to an aromatic ring is 1. The number of anilines is 1. The van der Waals surface area contributed by atoms with E-state index in [4.69, 9.17) is 5.73 Å². The maximum Gasteiger partial charge on any atom is 0.292 e. The predicted molar refractivity (Wildman–Crippen MR) is 79.8 cm³/mol. The average molecular weight is 298 g/mol. The summed E-state index contributed by atoms with van der Waals surface area (Å²) < 4.78 is 0. The average Bonchev–Trinajstić information content (AvgIpc) is 2.35. The Morgan fingerprint density at radius 3 is 2.75 bits per heavy atom. The van der Waals surface area contributed by atoms with Crippen LogP contribution in [0.1, 0.15) is 0 Å². The molecular formula is C12H18N4O3S. The Morgan fingerprint density at radius 2 is 2.20 bits per heavy atom. The number of nitrogens with two attached hydrogens (primary N) is 1. The summed E-state index contributed by atoms with van der Waals surface area (Å²) in [4.78, 5) is 24.4. The minimum atomic E-state index is -0.530. The number of hydrogen-bond donors (Lipinski definition) is 2. The molecule has 8 heteroatoms. The Labute approximate surface area is 121 Å². The monoisotopic (exact) mass is 298 g/mol. The number of benzene rings is 1. The lowest BCUT2D eigenvalue weighted by molar-refractivity contribution is -0.383. The van der Waals surface area contributed by atoms with E-state index >= 15 is 0 Å². The van der Waals surface area contributed by atoms with Crippen LogP contribution in [0.3, 0.4) is 0 Å². The summed E-state index contributed by atoms with van der Waals surface area (Å²) in [5, 5.41) is 13.4. The van der Waals surface area contributed by atoms with Crippen LogP contribution >= 0.6 is 11.8 Å². The van der Waals surface area contributed by atoms with Gasteiger partial charge in [-0.1, -0.05) is 0 Å². The third kappa shape index (κ3) is 5.45. The van der Waals surface area contributed by atoms with Crippen molar-refractivity contribution < 1.29 is 9.72 Å². The van der Waals surface area contributed by atoms with Gasteiger partial charge in [0, 0.05) is 24.1 Å². The van der Waals surface area contributed by atoms with Crippen LogP contribution in [0.5, 0.6) is 0 Å². The summed E-state index contributed by atoms with van der Waals surface area (Å²) in [7, 11) is 3.86. The third-order valence-corrected chi connectivity index (χ3v) is 3.44. The predicted octanol–water partition coefficient (Wildman–Crippen LogP) is 0.947. The number of nitro groups is 1. The van der Waals surface area contributed by atoms with Gasteiger partial charge in [0.25, 0.3) is 5.69 Å². The molecule has 0 radical (unpaired) electrons. The van der Waals surface area contributed by atoms with E-state index in [1.165, 1.54) is 23.9 Å². The first-order valence-electron chi connectivity index (χ1n) is 5.98. The van der Waals surface area contributed by atoms with Crippen LogP contribution in [-0.4, -0.2) is 48.7 Å². The van der Waals surface area contributed by atoms with E-state index in [2.05, 4.69) is 5.32 Å². The zero-order chi connectivity index (χ0) is 15.1. The maximum absolute atomic E-state index is 11.6. The first-order chi connectivity index (χ1) is 9.40. The van der Waals surface area contributed by atoms with Gasteiger partial charge in [0.2, 0.25) is 5.91 Å². The number of hydrogen-bond acceptors (Lipinski definition) is 6. The van der Waals surface area contributed by atoms with Gasteiger partial charge in [-0.15, -0.1) is 11.8 Å². The largest absolute Gasteiger partial charge is 0.393 e. The van der Waals surface area contributed by atoms with Gasteiger partial charge in [0.1, 0.15) is 5.69 Å². The Hall–Kier alpha value is -1.80. The van der Waals surface area contributed by atoms with Crippen LogP contribution in [0, 0.1) is 10.1 Å². The molecule has 1 amide bonds. The van der Waals surface area contributed by atoms with E-state index < -0.39 is 4.92 Å². The van der Waals surface area contributed by atoms with Crippen molar-refractivity contribution in [3.05, 3.63) is 28.3 Å². The highest BCUT2D eigenvalue weighted by Gasteiger charge is 2.11. The highest BCUT2D eigenvalue weighted by molar-refractivity contribution is 8.00. The van der Waals surface area contributed by atoms with E-state index in [1.807, 2.05) is 19.0 Å². The molecule has 0 unspecified atom stereocenters. The SMILES string of the molecule is CN(C)CCNC(=O)CSc1ccc([N+](=O)[O-])c(N)c1. The van der Waals surface area contributed by atoms with Crippen LogP contribution in [0.25, 0.3) is 0 Å². The van der Waals surface area contributed by atoms with Crippen molar-refractivity contribution in [1.29, 1.82) is 0 Å². The van der Waals surface area contributed by atoms with Crippen molar-refractivity contribution in [2.75, 3.05) is 38.7 Å². The van der Waals surface area contributed by atoms with E-state index in [0.29, 0.717) is 6.54 Å². The van der Waals surface area contributed by atoms with E-state index in [-0.39, 0.29) is 23.0 Å². The fourth-order valence-electron chi connectivity index (χ4n) is 1.41. The molecule has 1 aromatic rings. The second kappa shape index (κ2) is 7.71. The van der Waals surface area contributed by atoms with Crippen molar-refractivity contribution in [2.24, 2.45) is 0 Å². The lowest BCUT2D eigenvalue weighted by atomic mass is 10.3. The first-order valence-corrected chi connectivity index (χ1v) is 6.97. The number of carbonyl (C=O) groups excluding carboxylic acids is 1. The topological polar surface area (TPSA) is 102 Å². The molecule has 0 aliphatic rings. The Morgan fingerprint density at radius 1 is 1.50 bits per heavy atom. The molecule has 0 fully saturated rings. The summed E-state index contributed by atoms with van der Waals surface area (Å²) in [6, 6.07) is 4.45. The molecule has 1 aromatic carbocycles. The first kappa shape index (κ1) is 16.3. The third-order valence-electron chi connectivity index (χ3n) is 2.45. The van der Waals surface area contributed by atoms with Gasteiger partial charge in [-0.3, -0.25) is 14.9 Å². The van der Waals surface area contributed by atoms with Crippen molar-refractivity contribution in [2.45, 2.75) is 4.90 Å². The Bertz CT molecular complexity index is 494. The second-order valence-electron chi connectivity index (χ2n) is 4.42. The van der Waals surface area contributed by atoms with E-state index in [9.17, 15) is 14.9 Å². The number of rotatable bonds is 7. The summed E-state index contributed by atoms with van der Waals surface area (Å²) in [5.74, 6) is 0.179. The zero-order valence-corrected chi connectivity index (χ0v) is 12.3. The van der Waals surface area contributed by atoms with Gasteiger partial charge >= 0.3 is 0 Å². The highest BCUT2D eigenvalue weighted by atomic mass is 32.2. The lowest BCUT2D eigenvalue weighted by Gasteiger charge is -2.10. The molecule has 0 aliphatic heterocycles. The van der Waals surface area contributed by atoms with E-state index in [1.54, 1.807) is 6.07 Å². The summed E-state index contributed by atoms with van der Waals surface area (Å²) in [6.07, 6.45) is 0. The van der Waals surface area contributed by atoms with Crippen LogP contribution in [0.15, 0.2) is 23.1 Å². The number of nitrogens with one attached hydrogen (secondary N) is 1. The number of amides is 1. The van der Waals surface area contributed by atoms with Crippen molar-refractivity contribution in [3.63, 3.8) is 0 Å². The molecule has 0 spiro atoms. The number of carbonyl (C=O) groups is 1. The number of nitro benzene ring substituents is 1. The normalized spacial score (nSPS) is 10.6. The second-order valence-corrected chi connectivity index (χ2v) is 5.47. The van der Waals surface area contributed by atoms with Crippen LogP contribution in [-0.2, 0) is 4.79 Å². The molecule has 1 rings (SSSR count). The lowest BCUT2D eigenvalue weighted by Crippen LogP contribution is -2.32. The summed E-state index contributed by atoms with van der Waals surface area (Å²) in [5.41, 5.74) is 5.57. The molecule has 0 atom stereocenters. The van der Waals surface area contributed by atoms with Crippen molar-refractivity contribution in [1.82, 2.24) is 10.2 Å². The minimum Gasteiger partial charge on any atom is -0.393 e. The molecule has 0 saturated heterocycles. The summed E-state index contributed by atoms with van der Waals surface area (Å²) in [6.45, 7) is 1.37. The highest BCUT2D eigenvalue weighted by Crippen LogP contribution is 2.27. The molecule has 110 valence electrons. The zero-order valence-electron chi connectivity index (χ0n) is 11.5. The molecule has 0 aromatic heterocycles. The Balaban J connectivity index is 2.44. The van der Waals surface area contributed by atoms with Crippen LogP contribution < -0.4 is 11.1 Å². The van der Waals surface area contributed by atoms with Crippen molar-refractivity contribution in [3.8, 4) is 0 Å². The molecule has 0 heterocycles. The summed E-state index contributed by atoms with van der Waals surface area (Å²) >= 11 is 1.29. The molecule has 0 bridgehead atoms. The fourth-order valence-corrected chi connectivity index (χ4v) is 2.18. The smallest absolute Gasteiger partial charge is 0.292 e. The van der Waals surface area contributed by atoms with Gasteiger partial charge in [-0.25, -0.2) is 0 Å². The molecule has 3 N–H and O–H groups in total. The standard InChI is InChI=1S/C12H18N4O3S/c1-15(2)6-5-14-12(17)8-20-9-3-4-11(16(18)19)10(13)7-9/h3-4,7H,5-6,8,13H2,1-2H3,(H,14,17). The van der Waals surface area contributed by atoms with Crippen molar-refractivity contribution >= 4 is 29.0 Å². The molecular weight excluding hydrogens is 280 g/mol. The number of thioether (sulfide) groups is 1. The Kier molecular flexibility index (Phi) is 6.26.